The van der Waals surface area contributed by atoms with Crippen LogP contribution >= 0.6 is 0 Å². The Labute approximate surface area is 74.7 Å². The lowest BCUT2D eigenvalue weighted by atomic mass is 10.6. The highest BCUT2D eigenvalue weighted by atomic mass is 32.2. The number of nitrogens with one attached hydrogen (secondary N) is 1. The van der Waals surface area contributed by atoms with E-state index in [9.17, 15) is 8.42 Å². The number of aromatic hydroxyl groups is 1. The molecule has 8 heteroatoms. The summed E-state index contributed by atoms with van der Waals surface area (Å²) in [5.41, 5.74) is 5.23. The first kappa shape index (κ1) is 9.52. The van der Waals surface area contributed by atoms with Crippen LogP contribution in [0.3, 0.4) is 0 Å². The summed E-state index contributed by atoms with van der Waals surface area (Å²) < 4.78 is 23.4. The third-order valence-electron chi connectivity index (χ3n) is 1.01. The Morgan fingerprint density at radius 3 is 2.62 bits per heavy atom. The van der Waals surface area contributed by atoms with Gasteiger partial charge in [-0.25, -0.2) is 8.42 Å². The lowest BCUT2D eigenvalue weighted by Gasteiger charge is -2.02. The Kier molecular flexibility index (Phi) is 2.24. The molecule has 0 atom stereocenters. The highest BCUT2D eigenvalue weighted by Gasteiger charge is 2.06. The number of anilines is 2. The Morgan fingerprint density at radius 2 is 2.15 bits per heavy atom. The molecule has 4 N–H and O–H groups in total. The Hall–Kier alpha value is -1.57. The molecule has 0 saturated heterocycles. The zero-order chi connectivity index (χ0) is 10.1. The Morgan fingerprint density at radius 1 is 1.54 bits per heavy atom. The lowest BCUT2D eigenvalue weighted by molar-refractivity contribution is 0.453. The first-order valence-corrected chi connectivity index (χ1v) is 5.07. The van der Waals surface area contributed by atoms with Crippen LogP contribution in [0.25, 0.3) is 0 Å². The second-order valence-corrected chi connectivity index (χ2v) is 4.10. The van der Waals surface area contributed by atoms with Gasteiger partial charge in [-0.1, -0.05) is 0 Å². The summed E-state index contributed by atoms with van der Waals surface area (Å²) in [4.78, 5) is 6.93. The average molecular weight is 204 g/mol. The van der Waals surface area contributed by atoms with E-state index >= 15 is 0 Å². The van der Waals surface area contributed by atoms with Gasteiger partial charge in [0.1, 0.15) is 5.82 Å². The van der Waals surface area contributed by atoms with Gasteiger partial charge >= 0.3 is 0 Å². The van der Waals surface area contributed by atoms with Crippen LogP contribution in [0.15, 0.2) is 6.07 Å². The number of rotatable bonds is 2. The molecule has 72 valence electrons. The second kappa shape index (κ2) is 3.05. The van der Waals surface area contributed by atoms with Crippen LogP contribution in [0.1, 0.15) is 0 Å². The number of sulfonamides is 1. The van der Waals surface area contributed by atoms with Gasteiger partial charge in [0.05, 0.1) is 6.26 Å². The Balaban J connectivity index is 3.03. The SMILES string of the molecule is CS(=O)(=O)Nc1nc(N)cc(O)n1. The molecule has 0 aliphatic carbocycles. The molecule has 1 rings (SSSR count). The summed E-state index contributed by atoms with van der Waals surface area (Å²) in [6, 6.07) is 1.10. The first-order valence-electron chi connectivity index (χ1n) is 3.18. The van der Waals surface area contributed by atoms with Crippen LogP contribution in [-0.2, 0) is 10.0 Å². The average Bonchev–Trinajstić information content (AvgIpc) is 1.78. The molecule has 1 heterocycles. The largest absolute Gasteiger partial charge is 0.493 e. The van der Waals surface area contributed by atoms with Crippen molar-refractivity contribution in [2.24, 2.45) is 0 Å². The van der Waals surface area contributed by atoms with E-state index < -0.39 is 15.9 Å². The van der Waals surface area contributed by atoms with Crippen LogP contribution in [0.5, 0.6) is 5.88 Å². The molecule has 0 aliphatic rings. The van der Waals surface area contributed by atoms with E-state index in [0.29, 0.717) is 0 Å². The van der Waals surface area contributed by atoms with Crippen molar-refractivity contribution in [1.29, 1.82) is 0 Å². The van der Waals surface area contributed by atoms with Crippen molar-refractivity contribution in [2.45, 2.75) is 0 Å². The van der Waals surface area contributed by atoms with Crippen LogP contribution in [0, 0.1) is 0 Å². The van der Waals surface area contributed by atoms with Gasteiger partial charge in [0.15, 0.2) is 0 Å². The highest BCUT2D eigenvalue weighted by Crippen LogP contribution is 2.11. The predicted octanol–water partition coefficient (Wildman–Crippen LogP) is -0.864. The third kappa shape index (κ3) is 3.11. The molecule has 13 heavy (non-hydrogen) atoms. The van der Waals surface area contributed by atoms with Crippen molar-refractivity contribution in [1.82, 2.24) is 9.97 Å². The van der Waals surface area contributed by atoms with Gasteiger partial charge in [0.25, 0.3) is 0 Å². The molecule has 0 aliphatic heterocycles. The first-order chi connectivity index (χ1) is 5.87. The molecule has 0 bridgehead atoms. The van der Waals surface area contributed by atoms with Crippen molar-refractivity contribution in [3.8, 4) is 5.88 Å². The zero-order valence-electron chi connectivity index (χ0n) is 6.72. The summed E-state index contributed by atoms with van der Waals surface area (Å²) in [5.74, 6) is -0.655. The molecule has 0 aromatic carbocycles. The fourth-order valence-corrected chi connectivity index (χ4v) is 1.09. The van der Waals surface area contributed by atoms with Crippen molar-refractivity contribution < 1.29 is 13.5 Å². The minimum absolute atomic E-state index is 0.0151. The van der Waals surface area contributed by atoms with Gasteiger partial charge in [-0.3, -0.25) is 4.72 Å². The smallest absolute Gasteiger partial charge is 0.241 e. The van der Waals surface area contributed by atoms with Gasteiger partial charge in [-0.05, 0) is 0 Å². The number of hydrogen-bond donors (Lipinski definition) is 3. The van der Waals surface area contributed by atoms with Crippen LogP contribution in [0.4, 0.5) is 11.8 Å². The number of nitrogen functional groups attached to an aromatic ring is 1. The number of nitrogens with two attached hydrogens (primary N) is 1. The third-order valence-corrected chi connectivity index (χ3v) is 1.56. The molecule has 0 radical (unpaired) electrons. The molecule has 0 saturated carbocycles. The predicted molar refractivity (Wildman–Crippen MR) is 46.6 cm³/mol. The van der Waals surface area contributed by atoms with Gasteiger partial charge in [-0.15, -0.1) is 0 Å². The van der Waals surface area contributed by atoms with Crippen LogP contribution in [0.2, 0.25) is 0 Å². The minimum Gasteiger partial charge on any atom is -0.493 e. The summed E-state index contributed by atoms with van der Waals surface area (Å²) >= 11 is 0. The second-order valence-electron chi connectivity index (χ2n) is 2.35. The Bertz CT molecular complexity index is 396. The van der Waals surface area contributed by atoms with Gasteiger partial charge in [-0.2, -0.15) is 9.97 Å². The van der Waals surface area contributed by atoms with E-state index in [4.69, 9.17) is 10.8 Å². The van der Waals surface area contributed by atoms with Crippen molar-refractivity contribution >= 4 is 21.8 Å². The van der Waals surface area contributed by atoms with Crippen molar-refractivity contribution in [2.75, 3.05) is 16.7 Å². The maximum Gasteiger partial charge on any atom is 0.241 e. The molecule has 0 spiro atoms. The van der Waals surface area contributed by atoms with E-state index in [-0.39, 0.29) is 11.8 Å². The summed E-state index contributed by atoms with van der Waals surface area (Å²) in [7, 11) is -3.45. The van der Waals surface area contributed by atoms with Crippen molar-refractivity contribution in [3.05, 3.63) is 6.07 Å². The summed E-state index contributed by atoms with van der Waals surface area (Å²) in [6.45, 7) is 0. The molecule has 0 amide bonds. The maximum atomic E-state index is 10.7. The van der Waals surface area contributed by atoms with Gasteiger partial charge in [0, 0.05) is 6.07 Å². The van der Waals surface area contributed by atoms with E-state index in [1.54, 1.807) is 0 Å². The van der Waals surface area contributed by atoms with E-state index in [1.807, 2.05) is 4.72 Å². The van der Waals surface area contributed by atoms with Crippen LogP contribution < -0.4 is 10.5 Å². The van der Waals surface area contributed by atoms with Gasteiger partial charge < -0.3 is 10.8 Å². The number of hydrogen-bond acceptors (Lipinski definition) is 6. The molecule has 1 aromatic rings. The monoisotopic (exact) mass is 204 g/mol. The molecule has 1 aromatic heterocycles. The van der Waals surface area contributed by atoms with Crippen LogP contribution in [-0.4, -0.2) is 29.7 Å². The lowest BCUT2D eigenvalue weighted by Crippen LogP contribution is -2.12. The summed E-state index contributed by atoms with van der Waals surface area (Å²) in [5, 5.41) is 8.92. The zero-order valence-corrected chi connectivity index (χ0v) is 7.54. The standard InChI is InChI=1S/C5H8N4O3S/c1-13(11,12)9-5-7-3(6)2-4(10)8-5/h2H,1H3,(H4,6,7,8,9,10). The quantitative estimate of drug-likeness (QED) is 0.576. The van der Waals surface area contributed by atoms with E-state index in [2.05, 4.69) is 9.97 Å². The number of nitrogens with zero attached hydrogens (tertiary/aromatic N) is 2. The molecular formula is C5H8N4O3S. The fourth-order valence-electron chi connectivity index (χ4n) is 0.664. The molecular weight excluding hydrogens is 196 g/mol. The summed E-state index contributed by atoms with van der Waals surface area (Å²) in [6.07, 6.45) is 0.941. The minimum atomic E-state index is -3.45. The van der Waals surface area contributed by atoms with E-state index in [1.165, 1.54) is 0 Å². The van der Waals surface area contributed by atoms with E-state index in [0.717, 1.165) is 12.3 Å². The normalized spacial score (nSPS) is 11.2. The fraction of sp³-hybridized carbons (Fsp3) is 0.200. The molecule has 7 nitrogen and oxygen atoms in total. The topological polar surface area (TPSA) is 118 Å². The molecule has 0 unspecified atom stereocenters. The van der Waals surface area contributed by atoms with Gasteiger partial charge in [0.2, 0.25) is 21.9 Å². The maximum absolute atomic E-state index is 10.7. The highest BCUT2D eigenvalue weighted by molar-refractivity contribution is 7.91. The molecule has 0 fully saturated rings. The number of aromatic nitrogens is 2. The van der Waals surface area contributed by atoms with Crippen molar-refractivity contribution in [3.63, 3.8) is 0 Å².